The van der Waals surface area contributed by atoms with Gasteiger partial charge in [0.05, 0.1) is 42.0 Å². The van der Waals surface area contributed by atoms with Crippen LogP contribution in [0.3, 0.4) is 0 Å². The predicted octanol–water partition coefficient (Wildman–Crippen LogP) is 3.55. The van der Waals surface area contributed by atoms with E-state index in [4.69, 9.17) is 14.2 Å². The molecule has 1 fully saturated rings. The summed E-state index contributed by atoms with van der Waals surface area (Å²) in [5, 5.41) is 48.3. The second kappa shape index (κ2) is 13.7. The van der Waals surface area contributed by atoms with E-state index < -0.39 is 82.6 Å². The van der Waals surface area contributed by atoms with Gasteiger partial charge in [-0.15, -0.1) is 0 Å². The van der Waals surface area contributed by atoms with Gasteiger partial charge in [0.2, 0.25) is 11.7 Å². The van der Waals surface area contributed by atoms with Gasteiger partial charge in [0.1, 0.15) is 29.0 Å². The normalized spacial score (nSPS) is 26.6. The molecule has 1 saturated heterocycles. The lowest BCUT2D eigenvalue weighted by atomic mass is 9.72. The molecule has 0 saturated carbocycles. The number of Topliss-reactive ketones (excluding diaryl/α,β-unsaturated/α-hetero) is 1. The minimum atomic E-state index is -2.05. The van der Waals surface area contributed by atoms with E-state index in [0.717, 1.165) is 25.7 Å². The Kier molecular flexibility index (Phi) is 10.1. The maximum atomic E-state index is 13.8. The van der Waals surface area contributed by atoms with Crippen molar-refractivity contribution >= 4 is 23.3 Å². The van der Waals surface area contributed by atoms with Crippen molar-refractivity contribution in [1.82, 2.24) is 5.32 Å². The number of nitrogens with one attached hydrogen (secondary N) is 1. The van der Waals surface area contributed by atoms with Crippen molar-refractivity contribution in [3.63, 3.8) is 0 Å². The van der Waals surface area contributed by atoms with Crippen LogP contribution in [0.5, 0.6) is 17.2 Å². The lowest BCUT2D eigenvalue weighted by Crippen LogP contribution is -2.55. The highest BCUT2D eigenvalue weighted by atomic mass is 16.7. The van der Waals surface area contributed by atoms with Gasteiger partial charge in [-0.2, -0.15) is 0 Å². The van der Waals surface area contributed by atoms with Crippen LogP contribution in [0.25, 0.3) is 0 Å². The van der Waals surface area contributed by atoms with Crippen LogP contribution in [-0.4, -0.2) is 80.9 Å². The molecule has 0 radical (unpaired) electrons. The minimum absolute atomic E-state index is 0.00289. The van der Waals surface area contributed by atoms with Crippen LogP contribution >= 0.6 is 0 Å². The Morgan fingerprint density at radius 3 is 2.43 bits per heavy atom. The number of rotatable bonds is 11. The molecule has 47 heavy (non-hydrogen) atoms. The van der Waals surface area contributed by atoms with Gasteiger partial charge in [-0.3, -0.25) is 19.2 Å². The second-order valence-electron chi connectivity index (χ2n) is 12.8. The van der Waals surface area contributed by atoms with E-state index in [1.807, 2.05) is 0 Å². The van der Waals surface area contributed by atoms with Crippen molar-refractivity contribution < 1.29 is 53.8 Å². The number of methoxy groups -OCH3 is 1. The number of phenols is 2. The molecule has 5 N–H and O–H groups in total. The minimum Gasteiger partial charge on any atom is -0.507 e. The first-order valence-corrected chi connectivity index (χ1v) is 16.2. The van der Waals surface area contributed by atoms with Gasteiger partial charge in [-0.05, 0) is 26.3 Å². The fraction of sp³-hybridized carbons (Fsp3) is 0.543. The lowest BCUT2D eigenvalue weighted by molar-refractivity contribution is -0.249. The average Bonchev–Trinajstić information content (AvgIpc) is 3.03. The molecule has 254 valence electrons. The molecule has 1 heterocycles. The summed E-state index contributed by atoms with van der Waals surface area (Å²) in [6.07, 6.45) is 0.126. The number of amides is 1. The van der Waals surface area contributed by atoms with Crippen LogP contribution in [0.2, 0.25) is 0 Å². The van der Waals surface area contributed by atoms with Crippen LogP contribution in [0, 0.1) is 0 Å². The summed E-state index contributed by atoms with van der Waals surface area (Å²) < 4.78 is 17.5. The maximum Gasteiger partial charge on any atom is 0.220 e. The molecule has 1 aliphatic heterocycles. The van der Waals surface area contributed by atoms with Crippen LogP contribution in [0.4, 0.5) is 0 Å². The topological polar surface area (TPSA) is 189 Å². The van der Waals surface area contributed by atoms with E-state index in [-0.39, 0.29) is 46.8 Å². The van der Waals surface area contributed by atoms with Crippen LogP contribution in [0.1, 0.15) is 121 Å². The van der Waals surface area contributed by atoms with E-state index in [0.29, 0.717) is 12.8 Å². The molecule has 12 nitrogen and oxygen atoms in total. The Balaban J connectivity index is 1.48. The van der Waals surface area contributed by atoms with E-state index in [2.05, 4.69) is 12.2 Å². The third kappa shape index (κ3) is 6.39. The number of hydrogen-bond donors (Lipinski definition) is 5. The Morgan fingerprint density at radius 1 is 1.04 bits per heavy atom. The zero-order valence-corrected chi connectivity index (χ0v) is 27.1. The highest BCUT2D eigenvalue weighted by Crippen LogP contribution is 2.52. The van der Waals surface area contributed by atoms with E-state index in [1.54, 1.807) is 6.92 Å². The Bertz CT molecular complexity index is 1590. The molecule has 6 atom stereocenters. The standard InChI is InChI=1S/C35H43NO11/c1-5-6-7-8-9-13-24(38)36-21-14-25(46-17(2)30(21)39)47-23-16-35(44,18(3)37)15-20-27(23)34(43)29-28(32(20)41)31(40)19-11-10-12-22(45-4)26(19)33(29)42/h10-12,17,21,23,25,30,39,41,43-44H,5-9,13-16H2,1-4H3,(H,36,38)/t17?,21?,23-,25?,30?,35-/m0/s1. The Hall–Kier alpha value is -3.84. The molecule has 2 aromatic carbocycles. The summed E-state index contributed by atoms with van der Waals surface area (Å²) in [6.45, 7) is 4.90. The fourth-order valence-electron chi connectivity index (χ4n) is 6.94. The van der Waals surface area contributed by atoms with Crippen LogP contribution in [0.15, 0.2) is 18.2 Å². The first-order chi connectivity index (χ1) is 22.3. The van der Waals surface area contributed by atoms with Gasteiger partial charge in [0.25, 0.3) is 0 Å². The molecular formula is C35H43NO11. The summed E-state index contributed by atoms with van der Waals surface area (Å²) in [5.41, 5.74) is -3.22. The van der Waals surface area contributed by atoms with Gasteiger partial charge in [-0.25, -0.2) is 0 Å². The highest BCUT2D eigenvalue weighted by molar-refractivity contribution is 6.31. The zero-order valence-electron chi connectivity index (χ0n) is 27.1. The molecule has 12 heteroatoms. The first-order valence-electron chi connectivity index (χ1n) is 16.2. The number of unbranched alkanes of at least 4 members (excludes halogenated alkanes) is 4. The molecule has 2 aromatic rings. The number of ether oxygens (including phenoxy) is 3. The number of hydrogen-bond acceptors (Lipinski definition) is 11. The number of fused-ring (bicyclic) bond motifs is 3. The molecule has 2 aliphatic carbocycles. The lowest BCUT2D eigenvalue weighted by Gasteiger charge is -2.42. The van der Waals surface area contributed by atoms with Crippen molar-refractivity contribution in [2.45, 2.75) is 115 Å². The summed E-state index contributed by atoms with van der Waals surface area (Å²) in [7, 11) is 1.34. The summed E-state index contributed by atoms with van der Waals surface area (Å²) in [6, 6.07) is 3.69. The van der Waals surface area contributed by atoms with Crippen molar-refractivity contribution in [3.05, 3.63) is 51.6 Å². The van der Waals surface area contributed by atoms with Gasteiger partial charge in [-0.1, -0.05) is 44.7 Å². The Labute approximate surface area is 273 Å². The van der Waals surface area contributed by atoms with Crippen molar-refractivity contribution in [2.75, 3.05) is 7.11 Å². The number of aromatic hydroxyl groups is 2. The van der Waals surface area contributed by atoms with Crippen molar-refractivity contribution in [3.8, 4) is 17.2 Å². The number of aliphatic hydroxyl groups excluding tert-OH is 1. The van der Waals surface area contributed by atoms with Crippen molar-refractivity contribution in [2.24, 2.45) is 0 Å². The maximum absolute atomic E-state index is 13.8. The molecule has 0 spiro atoms. The molecule has 1 amide bonds. The fourth-order valence-corrected chi connectivity index (χ4v) is 6.94. The number of aliphatic hydroxyl groups is 2. The van der Waals surface area contributed by atoms with Gasteiger partial charge >= 0.3 is 0 Å². The van der Waals surface area contributed by atoms with E-state index >= 15 is 0 Å². The third-order valence-electron chi connectivity index (χ3n) is 9.61. The zero-order chi connectivity index (χ0) is 34.2. The number of carbonyl (C=O) groups excluding carboxylic acids is 4. The summed E-state index contributed by atoms with van der Waals surface area (Å²) >= 11 is 0. The molecule has 4 unspecified atom stereocenters. The Morgan fingerprint density at radius 2 is 1.74 bits per heavy atom. The van der Waals surface area contributed by atoms with Gasteiger partial charge < -0.3 is 40.0 Å². The van der Waals surface area contributed by atoms with Gasteiger partial charge in [0, 0.05) is 42.4 Å². The molecule has 0 bridgehead atoms. The SMILES string of the molecule is CCCCCCCC(=O)NC1CC(O[C@H]2C[C@](O)(C(C)=O)Cc3c(O)c4c(c(O)c32)C(=O)c2c(OC)cccc2C4=O)OC(C)C1O. The van der Waals surface area contributed by atoms with Gasteiger partial charge in [0.15, 0.2) is 17.9 Å². The molecular weight excluding hydrogens is 610 g/mol. The van der Waals surface area contributed by atoms with E-state index in [1.165, 1.54) is 32.2 Å². The third-order valence-corrected chi connectivity index (χ3v) is 9.61. The number of benzene rings is 2. The number of ketones is 3. The molecule has 0 aromatic heterocycles. The van der Waals surface area contributed by atoms with E-state index in [9.17, 15) is 39.6 Å². The van der Waals surface area contributed by atoms with Crippen molar-refractivity contribution in [1.29, 1.82) is 0 Å². The average molecular weight is 654 g/mol. The van der Waals surface area contributed by atoms with Crippen LogP contribution in [-0.2, 0) is 25.5 Å². The first kappa shape index (κ1) is 34.5. The smallest absolute Gasteiger partial charge is 0.220 e. The summed E-state index contributed by atoms with van der Waals surface area (Å²) in [4.78, 5) is 52.9. The molecule has 3 aliphatic rings. The predicted molar refractivity (Wildman–Crippen MR) is 168 cm³/mol. The summed E-state index contributed by atoms with van der Waals surface area (Å²) in [5.74, 6) is -3.51. The monoisotopic (exact) mass is 653 g/mol. The largest absolute Gasteiger partial charge is 0.507 e. The quantitative estimate of drug-likeness (QED) is 0.150. The van der Waals surface area contributed by atoms with Crippen LogP contribution < -0.4 is 10.1 Å². The number of carbonyl (C=O) groups is 4. The number of phenolic OH excluding ortho intramolecular Hbond substituents is 2. The molecule has 5 rings (SSSR count). The highest BCUT2D eigenvalue weighted by Gasteiger charge is 2.49. The second-order valence-corrected chi connectivity index (χ2v) is 12.8.